The number of hydrogen-bond donors (Lipinski definition) is 3. The van der Waals surface area contributed by atoms with Gasteiger partial charge in [0.25, 0.3) is 0 Å². The molecular weight excluding hydrogens is 128 g/mol. The van der Waals surface area contributed by atoms with Crippen LogP contribution in [0, 0.1) is 10.8 Å². The van der Waals surface area contributed by atoms with Crippen LogP contribution in [0.3, 0.4) is 0 Å². The first kappa shape index (κ1) is 8.94. The highest BCUT2D eigenvalue weighted by molar-refractivity contribution is 5.75. The molecule has 0 aliphatic heterocycles. The SMILES string of the molecule is CC(C)(C)C=NNC(=N)N. The number of hydrazone groups is 1. The first-order chi connectivity index (χ1) is 4.42. The second-order valence-electron chi connectivity index (χ2n) is 3.15. The molecule has 0 aliphatic rings. The maximum absolute atomic E-state index is 6.76. The molecule has 10 heavy (non-hydrogen) atoms. The van der Waals surface area contributed by atoms with Gasteiger partial charge in [0, 0.05) is 6.21 Å². The standard InChI is InChI=1S/C6H14N4/c1-6(2,3)4-9-10-5(7)8/h4H,1-3H3,(H4,7,8,10). The maximum Gasteiger partial charge on any atom is 0.206 e. The zero-order valence-electron chi connectivity index (χ0n) is 6.60. The minimum absolute atomic E-state index is 0.0302. The van der Waals surface area contributed by atoms with Crippen molar-refractivity contribution in [2.45, 2.75) is 20.8 Å². The molecule has 0 atom stereocenters. The lowest BCUT2D eigenvalue weighted by atomic mass is 9.99. The molecule has 0 fully saturated rings. The van der Waals surface area contributed by atoms with E-state index in [2.05, 4.69) is 10.5 Å². The maximum atomic E-state index is 6.76. The van der Waals surface area contributed by atoms with Crippen molar-refractivity contribution in [2.24, 2.45) is 16.3 Å². The third kappa shape index (κ3) is 6.94. The van der Waals surface area contributed by atoms with E-state index in [1.54, 1.807) is 6.21 Å². The number of rotatable bonds is 1. The number of nitrogens with two attached hydrogens (primary N) is 1. The van der Waals surface area contributed by atoms with Crippen LogP contribution in [-0.4, -0.2) is 12.2 Å². The molecule has 0 unspecified atom stereocenters. The highest BCUT2D eigenvalue weighted by Crippen LogP contribution is 2.07. The van der Waals surface area contributed by atoms with E-state index >= 15 is 0 Å². The lowest BCUT2D eigenvalue weighted by Crippen LogP contribution is -2.26. The fourth-order valence-corrected chi connectivity index (χ4v) is 0.295. The van der Waals surface area contributed by atoms with Crippen molar-refractivity contribution in [3.8, 4) is 0 Å². The summed E-state index contributed by atoms with van der Waals surface area (Å²) in [5.41, 5.74) is 7.34. The van der Waals surface area contributed by atoms with Crippen LogP contribution < -0.4 is 11.2 Å². The molecule has 4 nitrogen and oxygen atoms in total. The van der Waals surface area contributed by atoms with Crippen LogP contribution in [0.1, 0.15) is 20.8 Å². The zero-order chi connectivity index (χ0) is 8.20. The Balaban J connectivity index is 3.67. The summed E-state index contributed by atoms with van der Waals surface area (Å²) in [6.45, 7) is 6.04. The summed E-state index contributed by atoms with van der Waals surface area (Å²) in [4.78, 5) is 0. The Morgan fingerprint density at radius 3 is 2.40 bits per heavy atom. The van der Waals surface area contributed by atoms with Crippen LogP contribution in [0.25, 0.3) is 0 Å². The van der Waals surface area contributed by atoms with Gasteiger partial charge in [0.15, 0.2) is 0 Å². The van der Waals surface area contributed by atoms with Gasteiger partial charge in [0.2, 0.25) is 5.96 Å². The quantitative estimate of drug-likeness (QED) is 0.283. The van der Waals surface area contributed by atoms with Crippen LogP contribution in [0.15, 0.2) is 5.10 Å². The van der Waals surface area contributed by atoms with Gasteiger partial charge in [-0.1, -0.05) is 20.8 Å². The summed E-state index contributed by atoms with van der Waals surface area (Å²) in [6.07, 6.45) is 1.70. The van der Waals surface area contributed by atoms with Gasteiger partial charge in [-0.05, 0) is 5.41 Å². The molecule has 4 heteroatoms. The van der Waals surface area contributed by atoms with E-state index in [-0.39, 0.29) is 11.4 Å². The summed E-state index contributed by atoms with van der Waals surface area (Å²) in [7, 11) is 0. The average molecular weight is 142 g/mol. The van der Waals surface area contributed by atoms with Crippen molar-refractivity contribution < 1.29 is 0 Å². The van der Waals surface area contributed by atoms with E-state index in [4.69, 9.17) is 11.1 Å². The molecule has 0 saturated carbocycles. The molecule has 0 aromatic rings. The molecule has 4 N–H and O–H groups in total. The molecule has 58 valence electrons. The molecule has 0 rings (SSSR count). The summed E-state index contributed by atoms with van der Waals surface area (Å²) < 4.78 is 0. The fraction of sp³-hybridized carbons (Fsp3) is 0.667. The third-order valence-corrected chi connectivity index (χ3v) is 0.637. The minimum Gasteiger partial charge on any atom is -0.369 e. The number of nitrogens with one attached hydrogen (secondary N) is 2. The highest BCUT2D eigenvalue weighted by Gasteiger charge is 2.04. The predicted molar refractivity (Wildman–Crippen MR) is 43.0 cm³/mol. The van der Waals surface area contributed by atoms with Crippen molar-refractivity contribution in [1.29, 1.82) is 5.41 Å². The predicted octanol–water partition coefficient (Wildman–Crippen LogP) is 0.501. The lowest BCUT2D eigenvalue weighted by molar-refractivity contribution is 0.602. The van der Waals surface area contributed by atoms with E-state index in [1.807, 2.05) is 20.8 Å². The van der Waals surface area contributed by atoms with Gasteiger partial charge < -0.3 is 5.73 Å². The van der Waals surface area contributed by atoms with Gasteiger partial charge >= 0.3 is 0 Å². The van der Waals surface area contributed by atoms with E-state index in [1.165, 1.54) is 0 Å². The number of nitrogens with zero attached hydrogens (tertiary/aromatic N) is 1. The first-order valence-corrected chi connectivity index (χ1v) is 3.06. The summed E-state index contributed by atoms with van der Waals surface area (Å²) >= 11 is 0. The Morgan fingerprint density at radius 2 is 2.10 bits per heavy atom. The minimum atomic E-state index is -0.138. The lowest BCUT2D eigenvalue weighted by Gasteiger charge is -2.09. The Labute approximate surface area is 61.0 Å². The number of guanidine groups is 1. The molecule has 0 bridgehead atoms. The van der Waals surface area contributed by atoms with Crippen LogP contribution >= 0.6 is 0 Å². The Hall–Kier alpha value is -1.06. The van der Waals surface area contributed by atoms with Gasteiger partial charge in [-0.3, -0.25) is 5.41 Å². The zero-order valence-corrected chi connectivity index (χ0v) is 6.60. The normalized spacial score (nSPS) is 11.9. The summed E-state index contributed by atoms with van der Waals surface area (Å²) in [5.74, 6) is -0.138. The van der Waals surface area contributed by atoms with E-state index in [0.29, 0.717) is 0 Å². The van der Waals surface area contributed by atoms with Crippen LogP contribution in [0.2, 0.25) is 0 Å². The van der Waals surface area contributed by atoms with Crippen molar-refractivity contribution in [3.05, 3.63) is 0 Å². The molecule has 0 aliphatic carbocycles. The number of hydrogen-bond acceptors (Lipinski definition) is 2. The van der Waals surface area contributed by atoms with Gasteiger partial charge in [0.1, 0.15) is 0 Å². The van der Waals surface area contributed by atoms with E-state index in [0.717, 1.165) is 0 Å². The molecule has 0 aromatic heterocycles. The first-order valence-electron chi connectivity index (χ1n) is 3.06. The van der Waals surface area contributed by atoms with Gasteiger partial charge in [-0.15, -0.1) is 0 Å². The van der Waals surface area contributed by atoms with Crippen molar-refractivity contribution in [2.75, 3.05) is 0 Å². The van der Waals surface area contributed by atoms with Crippen LogP contribution in [-0.2, 0) is 0 Å². The topological polar surface area (TPSA) is 74.3 Å². The van der Waals surface area contributed by atoms with Gasteiger partial charge in [-0.2, -0.15) is 5.10 Å². The van der Waals surface area contributed by atoms with E-state index in [9.17, 15) is 0 Å². The molecule has 0 spiro atoms. The van der Waals surface area contributed by atoms with E-state index < -0.39 is 0 Å². The van der Waals surface area contributed by atoms with Gasteiger partial charge in [-0.25, -0.2) is 5.43 Å². The third-order valence-electron chi connectivity index (χ3n) is 0.637. The Bertz CT molecular complexity index is 142. The fourth-order valence-electron chi connectivity index (χ4n) is 0.295. The van der Waals surface area contributed by atoms with Crippen LogP contribution in [0.5, 0.6) is 0 Å². The Kier molecular flexibility index (Phi) is 2.86. The summed E-state index contributed by atoms with van der Waals surface area (Å²) in [6, 6.07) is 0. The Morgan fingerprint density at radius 1 is 1.60 bits per heavy atom. The van der Waals surface area contributed by atoms with Crippen LogP contribution in [0.4, 0.5) is 0 Å². The molecular formula is C6H14N4. The molecule has 0 saturated heterocycles. The monoisotopic (exact) mass is 142 g/mol. The second-order valence-corrected chi connectivity index (χ2v) is 3.15. The van der Waals surface area contributed by atoms with Gasteiger partial charge in [0.05, 0.1) is 0 Å². The largest absolute Gasteiger partial charge is 0.369 e. The van der Waals surface area contributed by atoms with Crippen molar-refractivity contribution in [3.63, 3.8) is 0 Å². The van der Waals surface area contributed by atoms with Crippen molar-refractivity contribution in [1.82, 2.24) is 5.43 Å². The summed E-state index contributed by atoms with van der Waals surface area (Å²) in [5, 5.41) is 10.5. The molecule has 0 radical (unpaired) electrons. The smallest absolute Gasteiger partial charge is 0.206 e. The second kappa shape index (κ2) is 3.20. The molecule has 0 amide bonds. The molecule has 0 heterocycles. The average Bonchev–Trinajstić information content (AvgIpc) is 1.59. The highest BCUT2D eigenvalue weighted by atomic mass is 15.3. The van der Waals surface area contributed by atoms with Crippen molar-refractivity contribution >= 4 is 12.2 Å². The molecule has 0 aromatic carbocycles.